The topological polar surface area (TPSA) is 20.3 Å². The van der Waals surface area contributed by atoms with Crippen molar-refractivity contribution in [2.24, 2.45) is 11.3 Å². The smallest absolute Gasteiger partial charge is 0.132 e. The standard InChI is InChI=1S/C16H29NO/c1-6-15(18)11-14-7-9-17(10-8-14)13(2)12-16(3,4)5/h14H,2,6-12H2,1,3-5H3. The van der Waals surface area contributed by atoms with Crippen molar-refractivity contribution in [3.05, 3.63) is 12.3 Å². The third-order valence-corrected chi connectivity index (χ3v) is 3.71. The van der Waals surface area contributed by atoms with E-state index in [1.165, 1.54) is 5.70 Å². The lowest BCUT2D eigenvalue weighted by Crippen LogP contribution is -2.34. The summed E-state index contributed by atoms with van der Waals surface area (Å²) in [6, 6.07) is 0. The summed E-state index contributed by atoms with van der Waals surface area (Å²) in [6.45, 7) is 15.1. The zero-order valence-electron chi connectivity index (χ0n) is 12.6. The lowest BCUT2D eigenvalue weighted by atomic mass is 9.88. The Morgan fingerprint density at radius 2 is 1.83 bits per heavy atom. The molecule has 0 atom stereocenters. The average Bonchev–Trinajstić information content (AvgIpc) is 2.27. The fraction of sp³-hybridized carbons (Fsp3) is 0.812. The first kappa shape index (κ1) is 15.3. The van der Waals surface area contributed by atoms with Gasteiger partial charge in [0.05, 0.1) is 0 Å². The van der Waals surface area contributed by atoms with Crippen LogP contribution >= 0.6 is 0 Å². The first-order valence-electron chi connectivity index (χ1n) is 7.26. The minimum absolute atomic E-state index is 0.312. The minimum Gasteiger partial charge on any atom is -0.375 e. The lowest BCUT2D eigenvalue weighted by molar-refractivity contribution is -0.119. The lowest BCUT2D eigenvalue weighted by Gasteiger charge is -2.36. The van der Waals surface area contributed by atoms with Crippen molar-refractivity contribution in [2.75, 3.05) is 13.1 Å². The molecule has 1 saturated heterocycles. The number of hydrogen-bond donors (Lipinski definition) is 0. The predicted molar refractivity (Wildman–Crippen MR) is 77.4 cm³/mol. The second-order valence-electron chi connectivity index (χ2n) is 6.83. The molecule has 0 aromatic heterocycles. The van der Waals surface area contributed by atoms with Crippen molar-refractivity contribution in [2.45, 2.75) is 59.8 Å². The number of allylic oxidation sites excluding steroid dienone is 1. The molecule has 2 nitrogen and oxygen atoms in total. The second-order valence-corrected chi connectivity index (χ2v) is 6.83. The first-order chi connectivity index (χ1) is 8.31. The summed E-state index contributed by atoms with van der Waals surface area (Å²) >= 11 is 0. The third kappa shape index (κ3) is 5.24. The van der Waals surface area contributed by atoms with Crippen molar-refractivity contribution in [1.29, 1.82) is 0 Å². The Morgan fingerprint density at radius 3 is 2.28 bits per heavy atom. The number of rotatable bonds is 5. The summed E-state index contributed by atoms with van der Waals surface area (Å²) in [5.41, 5.74) is 1.58. The molecule has 2 heteroatoms. The zero-order chi connectivity index (χ0) is 13.8. The Labute approximate surface area is 112 Å². The number of piperidine rings is 1. The molecule has 0 spiro atoms. The summed E-state index contributed by atoms with van der Waals surface area (Å²) in [4.78, 5) is 13.9. The van der Waals surface area contributed by atoms with Gasteiger partial charge in [0.2, 0.25) is 0 Å². The average molecular weight is 251 g/mol. The van der Waals surface area contributed by atoms with Gasteiger partial charge in [-0.15, -0.1) is 0 Å². The number of Topliss-reactive ketones (excluding diaryl/α,β-unsaturated/α-hetero) is 1. The summed E-state index contributed by atoms with van der Waals surface area (Å²) in [7, 11) is 0. The van der Waals surface area contributed by atoms with Gasteiger partial charge in [-0.25, -0.2) is 0 Å². The van der Waals surface area contributed by atoms with Gasteiger partial charge in [-0.05, 0) is 30.6 Å². The third-order valence-electron chi connectivity index (χ3n) is 3.71. The van der Waals surface area contributed by atoms with E-state index >= 15 is 0 Å². The van der Waals surface area contributed by atoms with E-state index in [1.807, 2.05) is 6.92 Å². The summed E-state index contributed by atoms with van der Waals surface area (Å²) in [5.74, 6) is 1.03. The van der Waals surface area contributed by atoms with Gasteiger partial charge in [0.15, 0.2) is 0 Å². The fourth-order valence-corrected chi connectivity index (χ4v) is 2.64. The first-order valence-corrected chi connectivity index (χ1v) is 7.26. The van der Waals surface area contributed by atoms with E-state index in [1.54, 1.807) is 0 Å². The Morgan fingerprint density at radius 1 is 1.28 bits per heavy atom. The van der Waals surface area contributed by atoms with Gasteiger partial charge in [0, 0.05) is 31.6 Å². The molecule has 18 heavy (non-hydrogen) atoms. The van der Waals surface area contributed by atoms with Crippen LogP contribution in [0.3, 0.4) is 0 Å². The number of hydrogen-bond acceptors (Lipinski definition) is 2. The van der Waals surface area contributed by atoms with Crippen LogP contribution in [-0.4, -0.2) is 23.8 Å². The highest BCUT2D eigenvalue weighted by Crippen LogP contribution is 2.29. The molecular formula is C16H29NO. The summed E-state index contributed by atoms with van der Waals surface area (Å²) in [6.07, 6.45) is 4.84. The molecule has 1 fully saturated rings. The molecule has 1 aliphatic rings. The molecule has 0 aliphatic carbocycles. The molecule has 0 radical (unpaired) electrons. The summed E-state index contributed by atoms with van der Waals surface area (Å²) < 4.78 is 0. The van der Waals surface area contributed by atoms with Crippen molar-refractivity contribution >= 4 is 5.78 Å². The Hall–Kier alpha value is -0.790. The second kappa shape index (κ2) is 6.40. The van der Waals surface area contributed by atoms with Crippen molar-refractivity contribution in [1.82, 2.24) is 4.90 Å². The molecule has 0 saturated carbocycles. The molecule has 0 N–H and O–H groups in total. The van der Waals surface area contributed by atoms with Crippen LogP contribution in [0.25, 0.3) is 0 Å². The maximum atomic E-state index is 11.5. The molecule has 0 aromatic carbocycles. The minimum atomic E-state index is 0.312. The van der Waals surface area contributed by atoms with E-state index in [0.29, 0.717) is 23.5 Å². The predicted octanol–water partition coefficient (Wildman–Crippen LogP) is 4.02. The number of carbonyl (C=O) groups excluding carboxylic acids is 1. The van der Waals surface area contributed by atoms with E-state index in [2.05, 4.69) is 32.3 Å². The van der Waals surface area contributed by atoms with Crippen LogP contribution in [0.15, 0.2) is 12.3 Å². The monoisotopic (exact) mass is 251 g/mol. The molecule has 0 bridgehead atoms. The van der Waals surface area contributed by atoms with Gasteiger partial charge in [-0.3, -0.25) is 4.79 Å². The van der Waals surface area contributed by atoms with Gasteiger partial charge in [-0.2, -0.15) is 0 Å². The maximum Gasteiger partial charge on any atom is 0.132 e. The van der Waals surface area contributed by atoms with Crippen LogP contribution in [0.2, 0.25) is 0 Å². The van der Waals surface area contributed by atoms with E-state index in [9.17, 15) is 4.79 Å². The van der Waals surface area contributed by atoms with E-state index < -0.39 is 0 Å². The highest BCUT2D eigenvalue weighted by molar-refractivity contribution is 5.78. The van der Waals surface area contributed by atoms with Gasteiger partial charge in [0.1, 0.15) is 5.78 Å². The molecule has 0 unspecified atom stereocenters. The highest BCUT2D eigenvalue weighted by atomic mass is 16.1. The Bertz CT molecular complexity index is 293. The van der Waals surface area contributed by atoms with Crippen molar-refractivity contribution in [3.63, 3.8) is 0 Å². The van der Waals surface area contributed by atoms with Crippen LogP contribution in [0.4, 0.5) is 0 Å². The SMILES string of the molecule is C=C(CC(C)(C)C)N1CCC(CC(=O)CC)CC1. The van der Waals surface area contributed by atoms with E-state index in [-0.39, 0.29) is 0 Å². The number of likely N-dealkylation sites (tertiary alicyclic amines) is 1. The Balaban J connectivity index is 2.35. The normalized spacial score (nSPS) is 17.9. The van der Waals surface area contributed by atoms with Gasteiger partial charge >= 0.3 is 0 Å². The van der Waals surface area contributed by atoms with Gasteiger partial charge < -0.3 is 4.90 Å². The zero-order valence-corrected chi connectivity index (χ0v) is 12.6. The molecule has 0 amide bonds. The van der Waals surface area contributed by atoms with Gasteiger partial charge in [-0.1, -0.05) is 34.3 Å². The maximum absolute atomic E-state index is 11.5. The molecule has 104 valence electrons. The highest BCUT2D eigenvalue weighted by Gasteiger charge is 2.23. The molecule has 1 heterocycles. The number of nitrogens with zero attached hydrogens (tertiary/aromatic N) is 1. The van der Waals surface area contributed by atoms with E-state index in [4.69, 9.17) is 0 Å². The van der Waals surface area contributed by atoms with Crippen LogP contribution < -0.4 is 0 Å². The number of carbonyl (C=O) groups is 1. The Kier molecular flexibility index (Phi) is 5.43. The van der Waals surface area contributed by atoms with Crippen LogP contribution in [-0.2, 0) is 4.79 Å². The van der Waals surface area contributed by atoms with Gasteiger partial charge in [0.25, 0.3) is 0 Å². The summed E-state index contributed by atoms with van der Waals surface area (Å²) in [5, 5.41) is 0. The van der Waals surface area contributed by atoms with Crippen LogP contribution in [0.1, 0.15) is 59.8 Å². The van der Waals surface area contributed by atoms with Crippen molar-refractivity contribution in [3.8, 4) is 0 Å². The largest absolute Gasteiger partial charge is 0.375 e. The van der Waals surface area contributed by atoms with Crippen LogP contribution in [0, 0.1) is 11.3 Å². The molecular weight excluding hydrogens is 222 g/mol. The van der Waals surface area contributed by atoms with Crippen molar-refractivity contribution < 1.29 is 4.79 Å². The quantitative estimate of drug-likeness (QED) is 0.735. The fourth-order valence-electron chi connectivity index (χ4n) is 2.64. The van der Waals surface area contributed by atoms with Crippen LogP contribution in [0.5, 0.6) is 0 Å². The molecule has 0 aromatic rings. The molecule has 1 aliphatic heterocycles. The van der Waals surface area contributed by atoms with E-state index in [0.717, 1.165) is 38.8 Å². The number of ketones is 1. The molecule has 1 rings (SSSR count).